The molecular weight excluding hydrogens is 323 g/mol. The van der Waals surface area contributed by atoms with Crippen molar-refractivity contribution in [2.75, 3.05) is 5.32 Å². The lowest BCUT2D eigenvalue weighted by molar-refractivity contribution is -0.115. The molecule has 0 unspecified atom stereocenters. The van der Waals surface area contributed by atoms with Crippen LogP contribution in [0.2, 0.25) is 0 Å². The first-order valence-corrected chi connectivity index (χ1v) is 6.62. The Balaban J connectivity index is 2.10. The molecule has 3 nitrogen and oxygen atoms in total. The van der Waals surface area contributed by atoms with Crippen LogP contribution in [0.25, 0.3) is 0 Å². The molecule has 2 rings (SSSR count). The number of amides is 1. The Hall–Kier alpha value is -2.19. The number of halogens is 2. The lowest BCUT2D eigenvalue weighted by Gasteiger charge is -2.07. The fourth-order valence-corrected chi connectivity index (χ4v) is 2.06. The standard InChI is InChI=1S/C15H10BrFN2O/c16-12-4-3-11(9-18)14(8-12)19-15(20)7-10-1-5-13(17)6-2-10/h1-6,8H,7H2,(H,19,20). The molecule has 0 bridgehead atoms. The molecule has 0 atom stereocenters. The van der Waals surface area contributed by atoms with Gasteiger partial charge in [0.1, 0.15) is 11.9 Å². The number of carbonyl (C=O) groups excluding carboxylic acids is 1. The minimum Gasteiger partial charge on any atom is -0.325 e. The van der Waals surface area contributed by atoms with Crippen molar-refractivity contribution in [2.24, 2.45) is 0 Å². The maximum absolute atomic E-state index is 12.8. The van der Waals surface area contributed by atoms with Gasteiger partial charge in [0.2, 0.25) is 5.91 Å². The fraction of sp³-hybridized carbons (Fsp3) is 0.0667. The van der Waals surface area contributed by atoms with Crippen molar-refractivity contribution in [3.05, 3.63) is 63.9 Å². The van der Waals surface area contributed by atoms with E-state index in [4.69, 9.17) is 5.26 Å². The van der Waals surface area contributed by atoms with Gasteiger partial charge in [0.15, 0.2) is 0 Å². The van der Waals surface area contributed by atoms with Crippen LogP contribution in [0.15, 0.2) is 46.9 Å². The number of benzene rings is 2. The van der Waals surface area contributed by atoms with Gasteiger partial charge in [-0.3, -0.25) is 4.79 Å². The fourth-order valence-electron chi connectivity index (χ4n) is 1.70. The van der Waals surface area contributed by atoms with Crippen molar-refractivity contribution in [1.29, 1.82) is 5.26 Å². The van der Waals surface area contributed by atoms with Crippen molar-refractivity contribution in [3.8, 4) is 6.07 Å². The molecule has 5 heteroatoms. The maximum Gasteiger partial charge on any atom is 0.228 e. The summed E-state index contributed by atoms with van der Waals surface area (Å²) >= 11 is 3.29. The van der Waals surface area contributed by atoms with E-state index in [1.54, 1.807) is 30.3 Å². The van der Waals surface area contributed by atoms with Gasteiger partial charge in [0.05, 0.1) is 17.7 Å². The molecule has 100 valence electrons. The van der Waals surface area contributed by atoms with Crippen molar-refractivity contribution < 1.29 is 9.18 Å². The zero-order valence-electron chi connectivity index (χ0n) is 10.4. The van der Waals surface area contributed by atoms with Crippen LogP contribution in [-0.4, -0.2) is 5.91 Å². The van der Waals surface area contributed by atoms with E-state index in [-0.39, 0.29) is 18.1 Å². The molecule has 2 aromatic rings. The number of rotatable bonds is 3. The molecule has 1 amide bonds. The summed E-state index contributed by atoms with van der Waals surface area (Å²) in [6, 6.07) is 12.8. The Morgan fingerprint density at radius 3 is 2.60 bits per heavy atom. The monoisotopic (exact) mass is 332 g/mol. The normalized spacial score (nSPS) is 9.85. The van der Waals surface area contributed by atoms with Crippen LogP contribution in [0.4, 0.5) is 10.1 Å². The zero-order chi connectivity index (χ0) is 14.5. The summed E-state index contributed by atoms with van der Waals surface area (Å²) in [7, 11) is 0. The number of nitrogens with zero attached hydrogens (tertiary/aromatic N) is 1. The minimum absolute atomic E-state index is 0.123. The molecule has 0 fully saturated rings. The van der Waals surface area contributed by atoms with Gasteiger partial charge in [-0.15, -0.1) is 0 Å². The van der Waals surface area contributed by atoms with Gasteiger partial charge in [0.25, 0.3) is 0 Å². The lowest BCUT2D eigenvalue weighted by Crippen LogP contribution is -2.15. The third-order valence-corrected chi connectivity index (χ3v) is 3.15. The Labute approximate surface area is 124 Å². The van der Waals surface area contributed by atoms with Crippen LogP contribution in [-0.2, 0) is 11.2 Å². The Bertz CT molecular complexity index is 677. The summed E-state index contributed by atoms with van der Waals surface area (Å²) < 4.78 is 13.5. The van der Waals surface area contributed by atoms with E-state index >= 15 is 0 Å². The highest BCUT2D eigenvalue weighted by molar-refractivity contribution is 9.10. The van der Waals surface area contributed by atoms with Gasteiger partial charge >= 0.3 is 0 Å². The van der Waals surface area contributed by atoms with Gasteiger partial charge in [-0.05, 0) is 35.9 Å². The van der Waals surface area contributed by atoms with E-state index < -0.39 is 0 Å². The summed E-state index contributed by atoms with van der Waals surface area (Å²) in [5.74, 6) is -0.598. The van der Waals surface area contributed by atoms with Gasteiger partial charge < -0.3 is 5.32 Å². The molecule has 1 N–H and O–H groups in total. The molecule has 20 heavy (non-hydrogen) atoms. The van der Waals surface area contributed by atoms with E-state index in [9.17, 15) is 9.18 Å². The quantitative estimate of drug-likeness (QED) is 0.932. The van der Waals surface area contributed by atoms with Crippen LogP contribution in [0, 0.1) is 17.1 Å². The third-order valence-electron chi connectivity index (χ3n) is 2.65. The average Bonchev–Trinajstić information content (AvgIpc) is 2.41. The summed E-state index contributed by atoms with van der Waals surface area (Å²) in [4.78, 5) is 11.9. The first kappa shape index (κ1) is 14.2. The van der Waals surface area contributed by atoms with Crippen molar-refractivity contribution in [2.45, 2.75) is 6.42 Å². The average molecular weight is 333 g/mol. The molecule has 0 aliphatic heterocycles. The smallest absolute Gasteiger partial charge is 0.228 e. The Morgan fingerprint density at radius 1 is 1.25 bits per heavy atom. The molecule has 0 aromatic heterocycles. The number of hydrogen-bond donors (Lipinski definition) is 1. The number of anilines is 1. The number of nitrogens with one attached hydrogen (secondary N) is 1. The van der Waals surface area contributed by atoms with E-state index in [1.165, 1.54) is 12.1 Å². The van der Waals surface area contributed by atoms with E-state index in [1.807, 2.05) is 6.07 Å². The Kier molecular flexibility index (Phi) is 4.49. The van der Waals surface area contributed by atoms with Gasteiger partial charge in [0, 0.05) is 4.47 Å². The molecule has 0 saturated heterocycles. The number of carbonyl (C=O) groups is 1. The summed E-state index contributed by atoms with van der Waals surface area (Å²) in [5.41, 5.74) is 1.55. The predicted octanol–water partition coefficient (Wildman–Crippen LogP) is 3.64. The highest BCUT2D eigenvalue weighted by Crippen LogP contribution is 2.21. The first-order chi connectivity index (χ1) is 9.58. The third kappa shape index (κ3) is 3.65. The minimum atomic E-state index is -0.340. The number of nitriles is 1. The van der Waals surface area contributed by atoms with E-state index in [0.717, 1.165) is 4.47 Å². The van der Waals surface area contributed by atoms with Crippen LogP contribution in [0.5, 0.6) is 0 Å². The van der Waals surface area contributed by atoms with Gasteiger partial charge in [-0.2, -0.15) is 5.26 Å². The predicted molar refractivity (Wildman–Crippen MR) is 77.6 cm³/mol. The Morgan fingerprint density at radius 2 is 1.95 bits per heavy atom. The summed E-state index contributed by atoms with van der Waals surface area (Å²) in [6.07, 6.45) is 0.123. The van der Waals surface area contributed by atoms with Crippen LogP contribution in [0.1, 0.15) is 11.1 Å². The molecule has 0 spiro atoms. The second-order valence-corrected chi connectivity index (χ2v) is 5.07. The summed E-state index contributed by atoms with van der Waals surface area (Å²) in [5, 5.41) is 11.7. The molecular formula is C15H10BrFN2O. The summed E-state index contributed by atoms with van der Waals surface area (Å²) in [6.45, 7) is 0. The van der Waals surface area contributed by atoms with Crippen LogP contribution >= 0.6 is 15.9 Å². The van der Waals surface area contributed by atoms with Crippen molar-refractivity contribution >= 4 is 27.5 Å². The van der Waals surface area contributed by atoms with E-state index in [2.05, 4.69) is 21.2 Å². The maximum atomic E-state index is 12.8. The highest BCUT2D eigenvalue weighted by Gasteiger charge is 2.08. The van der Waals surface area contributed by atoms with Crippen molar-refractivity contribution in [1.82, 2.24) is 0 Å². The van der Waals surface area contributed by atoms with Crippen molar-refractivity contribution in [3.63, 3.8) is 0 Å². The SMILES string of the molecule is N#Cc1ccc(Br)cc1NC(=O)Cc1ccc(F)cc1. The number of hydrogen-bond acceptors (Lipinski definition) is 2. The molecule has 0 aliphatic rings. The molecule has 2 aromatic carbocycles. The largest absolute Gasteiger partial charge is 0.325 e. The second-order valence-electron chi connectivity index (χ2n) is 4.15. The first-order valence-electron chi connectivity index (χ1n) is 5.82. The molecule has 0 aliphatic carbocycles. The van der Waals surface area contributed by atoms with Crippen LogP contribution < -0.4 is 5.32 Å². The second kappa shape index (κ2) is 6.31. The zero-order valence-corrected chi connectivity index (χ0v) is 11.9. The molecule has 0 radical (unpaired) electrons. The lowest BCUT2D eigenvalue weighted by atomic mass is 10.1. The van der Waals surface area contributed by atoms with Gasteiger partial charge in [-0.1, -0.05) is 28.1 Å². The molecule has 0 saturated carbocycles. The van der Waals surface area contributed by atoms with Gasteiger partial charge in [-0.25, -0.2) is 4.39 Å². The molecule has 0 heterocycles. The topological polar surface area (TPSA) is 52.9 Å². The van der Waals surface area contributed by atoms with Crippen LogP contribution in [0.3, 0.4) is 0 Å². The van der Waals surface area contributed by atoms with E-state index in [0.29, 0.717) is 16.8 Å². The highest BCUT2D eigenvalue weighted by atomic mass is 79.9.